The molecule has 0 N–H and O–H groups in total. The predicted octanol–water partition coefficient (Wildman–Crippen LogP) is 18.7. The van der Waals surface area contributed by atoms with Gasteiger partial charge >= 0.3 is 0 Å². The number of nitrogens with zero attached hydrogens (tertiary/aromatic N) is 2. The molecule has 3 heterocycles. The summed E-state index contributed by atoms with van der Waals surface area (Å²) in [7, 11) is 0. The molecule has 68 heavy (non-hydrogen) atoms. The van der Waals surface area contributed by atoms with E-state index in [2.05, 4.69) is 246 Å². The molecule has 4 heteroatoms. The van der Waals surface area contributed by atoms with Crippen LogP contribution in [0.25, 0.3) is 114 Å². The zero-order valence-electron chi connectivity index (χ0n) is 36.8. The fourth-order valence-corrected chi connectivity index (χ4v) is 12.0. The van der Waals surface area contributed by atoms with Crippen LogP contribution in [0.1, 0.15) is 0 Å². The molecule has 0 amide bonds. The van der Waals surface area contributed by atoms with Crippen LogP contribution >= 0.6 is 11.3 Å². The second-order valence-corrected chi connectivity index (χ2v) is 18.6. The smallest absolute Gasteiger partial charge is 0.143 e. The Bertz CT molecular complexity index is 4210. The van der Waals surface area contributed by atoms with E-state index in [1.807, 2.05) is 17.4 Å². The molecule has 14 rings (SSSR count). The van der Waals surface area contributed by atoms with Crippen molar-refractivity contribution < 1.29 is 4.42 Å². The molecular formula is C64H40N2OS. The number of anilines is 3. The van der Waals surface area contributed by atoms with Gasteiger partial charge in [-0.2, -0.15) is 0 Å². The lowest BCUT2D eigenvalue weighted by Crippen LogP contribution is -2.11. The summed E-state index contributed by atoms with van der Waals surface area (Å²) in [6.45, 7) is 0. The van der Waals surface area contributed by atoms with Crippen molar-refractivity contribution in [3.05, 3.63) is 243 Å². The van der Waals surface area contributed by atoms with Crippen LogP contribution in [0.5, 0.6) is 0 Å². The van der Waals surface area contributed by atoms with E-state index in [1.54, 1.807) is 0 Å². The van der Waals surface area contributed by atoms with Crippen molar-refractivity contribution >= 4 is 103 Å². The third-order valence-corrected chi connectivity index (χ3v) is 15.0. The second kappa shape index (κ2) is 15.5. The summed E-state index contributed by atoms with van der Waals surface area (Å²) in [5.41, 5.74) is 15.5. The summed E-state index contributed by atoms with van der Waals surface area (Å²) in [4.78, 5) is 2.45. The minimum absolute atomic E-state index is 0.899. The van der Waals surface area contributed by atoms with Crippen molar-refractivity contribution in [1.29, 1.82) is 0 Å². The number of thiophene rings is 1. The summed E-state index contributed by atoms with van der Waals surface area (Å²) in [5, 5.41) is 9.76. The Morgan fingerprint density at radius 1 is 0.382 bits per heavy atom. The Morgan fingerprint density at radius 2 is 0.956 bits per heavy atom. The lowest BCUT2D eigenvalue weighted by atomic mass is 9.96. The van der Waals surface area contributed by atoms with Crippen LogP contribution in [0.2, 0.25) is 0 Å². The van der Waals surface area contributed by atoms with Crippen molar-refractivity contribution in [2.24, 2.45) is 0 Å². The van der Waals surface area contributed by atoms with Crippen LogP contribution in [0.3, 0.4) is 0 Å². The zero-order valence-corrected chi connectivity index (χ0v) is 37.6. The van der Waals surface area contributed by atoms with Gasteiger partial charge in [0.2, 0.25) is 0 Å². The van der Waals surface area contributed by atoms with Gasteiger partial charge in [0.05, 0.1) is 16.7 Å². The average Bonchev–Trinajstić information content (AvgIpc) is 4.09. The lowest BCUT2D eigenvalue weighted by Gasteiger charge is -2.29. The van der Waals surface area contributed by atoms with Gasteiger partial charge in [-0.15, -0.1) is 11.3 Å². The highest BCUT2D eigenvalue weighted by molar-refractivity contribution is 7.26. The number of para-hydroxylation sites is 4. The molecule has 0 aliphatic carbocycles. The minimum Gasteiger partial charge on any atom is -0.455 e. The van der Waals surface area contributed by atoms with Gasteiger partial charge in [-0.1, -0.05) is 176 Å². The monoisotopic (exact) mass is 884 g/mol. The van der Waals surface area contributed by atoms with Gasteiger partial charge in [0.25, 0.3) is 0 Å². The van der Waals surface area contributed by atoms with Gasteiger partial charge in [0, 0.05) is 69.9 Å². The summed E-state index contributed by atoms with van der Waals surface area (Å²) in [5.74, 6) is 0. The maximum Gasteiger partial charge on any atom is 0.143 e. The first-order valence-corrected chi connectivity index (χ1v) is 24.0. The number of aromatic nitrogens is 1. The maximum atomic E-state index is 6.53. The first-order chi connectivity index (χ1) is 33.7. The maximum absolute atomic E-state index is 6.53. The Morgan fingerprint density at radius 3 is 1.72 bits per heavy atom. The van der Waals surface area contributed by atoms with Gasteiger partial charge in [0.15, 0.2) is 0 Å². The first kappa shape index (κ1) is 38.6. The molecule has 14 aromatic rings. The van der Waals surface area contributed by atoms with Crippen LogP contribution in [-0.4, -0.2) is 4.57 Å². The van der Waals surface area contributed by atoms with Crippen molar-refractivity contribution in [3.63, 3.8) is 0 Å². The molecule has 0 unspecified atom stereocenters. The molecule has 3 aromatic heterocycles. The SMILES string of the molecule is c1cc(-c2c(N(c3ccc(-c4cccc5ccccc45)cc3)c3ccc(-c4cccc5c4oc4ccccc45)cc3)ccc3c2sc2ccccc23)cc(-n2c3ccccc3c3ccccc32)c1. The lowest BCUT2D eigenvalue weighted by molar-refractivity contribution is 0.670. The highest BCUT2D eigenvalue weighted by Crippen LogP contribution is 2.50. The molecule has 0 atom stereocenters. The van der Waals surface area contributed by atoms with Crippen LogP contribution in [0.15, 0.2) is 247 Å². The van der Waals surface area contributed by atoms with E-state index in [4.69, 9.17) is 4.42 Å². The summed E-state index contributed by atoms with van der Waals surface area (Å²) < 4.78 is 11.5. The third-order valence-electron chi connectivity index (χ3n) is 13.8. The number of rotatable bonds is 7. The minimum atomic E-state index is 0.899. The highest BCUT2D eigenvalue weighted by Gasteiger charge is 2.23. The Kier molecular flexibility index (Phi) is 8.76. The Hall–Kier alpha value is -8.70. The number of furan rings is 1. The van der Waals surface area contributed by atoms with Gasteiger partial charge in [-0.3, -0.25) is 0 Å². The van der Waals surface area contributed by atoms with E-state index in [9.17, 15) is 0 Å². The average molecular weight is 885 g/mol. The molecular weight excluding hydrogens is 845 g/mol. The Labute approximate surface area is 396 Å². The van der Waals surface area contributed by atoms with Crippen LogP contribution in [0, 0.1) is 0 Å². The number of benzene rings is 11. The van der Waals surface area contributed by atoms with E-state index in [0.29, 0.717) is 0 Å². The molecule has 0 radical (unpaired) electrons. The van der Waals surface area contributed by atoms with E-state index >= 15 is 0 Å². The van der Waals surface area contributed by atoms with Gasteiger partial charge < -0.3 is 13.9 Å². The molecule has 0 fully saturated rings. The second-order valence-electron chi connectivity index (χ2n) is 17.6. The van der Waals surface area contributed by atoms with E-state index in [0.717, 1.165) is 61.4 Å². The quantitative estimate of drug-likeness (QED) is 0.159. The summed E-state index contributed by atoms with van der Waals surface area (Å²) >= 11 is 1.87. The number of hydrogen-bond donors (Lipinski definition) is 0. The van der Waals surface area contributed by atoms with Crippen LogP contribution in [0.4, 0.5) is 17.1 Å². The molecule has 0 aliphatic heterocycles. The van der Waals surface area contributed by atoms with Crippen molar-refractivity contribution in [2.45, 2.75) is 0 Å². The van der Waals surface area contributed by atoms with Crippen molar-refractivity contribution in [3.8, 4) is 39.1 Å². The van der Waals surface area contributed by atoms with Crippen LogP contribution in [-0.2, 0) is 0 Å². The molecule has 3 nitrogen and oxygen atoms in total. The van der Waals surface area contributed by atoms with Gasteiger partial charge in [-0.25, -0.2) is 0 Å². The number of hydrogen-bond acceptors (Lipinski definition) is 3. The summed E-state index contributed by atoms with van der Waals surface area (Å²) in [6.07, 6.45) is 0. The standard InChI is InChI=1S/C64H40N2OS/c1-2-18-48-41(14-1)15-12-23-49(48)42-30-34-45(35-31-42)65(46-36-32-43(33-37-46)50-24-13-25-55-53-21-5-9-28-60(53)67-63(50)55)59-39-38-56-54-22-6-10-29-61(54)68-64(56)62(59)44-16-11-17-47(40-44)66-57-26-7-3-19-51(57)52-20-4-8-27-58(52)66/h1-40H. The van der Waals surface area contributed by atoms with Crippen molar-refractivity contribution in [1.82, 2.24) is 4.57 Å². The first-order valence-electron chi connectivity index (χ1n) is 23.2. The van der Waals surface area contributed by atoms with Gasteiger partial charge in [-0.05, 0) is 99.8 Å². The van der Waals surface area contributed by atoms with Crippen molar-refractivity contribution in [2.75, 3.05) is 4.90 Å². The molecule has 0 saturated carbocycles. The molecule has 318 valence electrons. The molecule has 11 aromatic carbocycles. The van der Waals surface area contributed by atoms with Gasteiger partial charge in [0.1, 0.15) is 11.2 Å². The number of fused-ring (bicyclic) bond motifs is 10. The predicted molar refractivity (Wildman–Crippen MR) is 289 cm³/mol. The van der Waals surface area contributed by atoms with Crippen LogP contribution < -0.4 is 4.90 Å². The normalized spacial score (nSPS) is 11.8. The Balaban J connectivity index is 0.992. The highest BCUT2D eigenvalue weighted by atomic mass is 32.1. The molecule has 0 bridgehead atoms. The molecule has 0 aliphatic rings. The van der Waals surface area contributed by atoms with E-state index < -0.39 is 0 Å². The molecule has 0 saturated heterocycles. The van der Waals surface area contributed by atoms with E-state index in [-0.39, 0.29) is 0 Å². The fraction of sp³-hybridized carbons (Fsp3) is 0. The van der Waals surface area contributed by atoms with E-state index in [1.165, 1.54) is 69.4 Å². The summed E-state index contributed by atoms with van der Waals surface area (Å²) in [6, 6.07) is 88.3. The zero-order chi connectivity index (χ0) is 44.7. The topological polar surface area (TPSA) is 21.3 Å². The molecule has 0 spiro atoms. The third kappa shape index (κ3) is 6.05. The fourth-order valence-electron chi connectivity index (χ4n) is 10.7. The largest absolute Gasteiger partial charge is 0.455 e.